The fraction of sp³-hybridized carbons (Fsp3) is 0.919. The van der Waals surface area contributed by atoms with E-state index >= 15 is 0 Å². The molecule has 2 aliphatic rings. The molecule has 7 heteroatoms. The molecule has 44 heavy (non-hydrogen) atoms. The first kappa shape index (κ1) is 39.2. The number of hydrogen-bond donors (Lipinski definition) is 4. The van der Waals surface area contributed by atoms with E-state index in [9.17, 15) is 25.2 Å². The topological polar surface area (TPSA) is 116 Å². The molecule has 0 aromatic rings. The van der Waals surface area contributed by atoms with Gasteiger partial charge in [-0.15, -0.1) is 0 Å². The molecule has 0 bridgehead atoms. The second-order valence-corrected chi connectivity index (χ2v) is 13.8. The Kier molecular flexibility index (Phi) is 21.6. The maximum Gasteiger partial charge on any atom is 0.334 e. The van der Waals surface area contributed by atoms with Crippen LogP contribution in [0.15, 0.2) is 11.6 Å². The number of esters is 1. The van der Waals surface area contributed by atoms with Crippen molar-refractivity contribution in [3.63, 3.8) is 0 Å². The van der Waals surface area contributed by atoms with Crippen molar-refractivity contribution in [1.29, 1.82) is 0 Å². The third kappa shape index (κ3) is 17.6. The molecule has 0 aliphatic carbocycles. The van der Waals surface area contributed by atoms with Gasteiger partial charge in [-0.05, 0) is 57.9 Å². The average Bonchev–Trinajstić information content (AvgIpc) is 3.62. The number of rotatable bonds is 28. The molecule has 0 radical (unpaired) electrons. The Morgan fingerprint density at radius 2 is 1.14 bits per heavy atom. The van der Waals surface area contributed by atoms with Crippen LogP contribution >= 0.6 is 0 Å². The molecule has 0 amide bonds. The molecule has 2 rings (SSSR count). The Morgan fingerprint density at radius 3 is 1.66 bits per heavy atom. The quantitative estimate of drug-likeness (QED) is 0.0518. The van der Waals surface area contributed by atoms with Crippen molar-refractivity contribution in [2.24, 2.45) is 0 Å². The number of aliphatic hydroxyl groups excluding tert-OH is 4. The summed E-state index contributed by atoms with van der Waals surface area (Å²) in [5, 5.41) is 41.9. The molecule has 1 saturated heterocycles. The number of aliphatic hydroxyl groups is 4. The Hall–Kier alpha value is -0.990. The van der Waals surface area contributed by atoms with E-state index in [1.54, 1.807) is 0 Å². The molecule has 7 atom stereocenters. The third-order valence-corrected chi connectivity index (χ3v) is 9.62. The molecule has 0 unspecified atom stereocenters. The van der Waals surface area contributed by atoms with Crippen LogP contribution < -0.4 is 0 Å². The highest BCUT2D eigenvalue weighted by Crippen LogP contribution is 2.29. The number of cyclic esters (lactones) is 1. The van der Waals surface area contributed by atoms with Gasteiger partial charge in [-0.3, -0.25) is 0 Å². The lowest BCUT2D eigenvalue weighted by atomic mass is 9.98. The summed E-state index contributed by atoms with van der Waals surface area (Å²) in [7, 11) is 0. The first-order valence-corrected chi connectivity index (χ1v) is 18.6. The monoisotopic (exact) mass is 624 g/mol. The predicted octanol–water partition coefficient (Wildman–Crippen LogP) is 7.84. The summed E-state index contributed by atoms with van der Waals surface area (Å²) in [5.41, 5.74) is 0.696. The summed E-state index contributed by atoms with van der Waals surface area (Å²) >= 11 is 0. The molecule has 7 nitrogen and oxygen atoms in total. The fourth-order valence-corrected chi connectivity index (χ4v) is 6.76. The van der Waals surface area contributed by atoms with Crippen molar-refractivity contribution < 1.29 is 34.7 Å². The van der Waals surface area contributed by atoms with Gasteiger partial charge in [0.25, 0.3) is 0 Å². The van der Waals surface area contributed by atoms with Gasteiger partial charge in [0.15, 0.2) is 0 Å². The van der Waals surface area contributed by atoms with Crippen molar-refractivity contribution in [2.75, 3.05) is 0 Å². The molecule has 2 aliphatic heterocycles. The maximum atomic E-state index is 11.6. The van der Waals surface area contributed by atoms with Crippen LogP contribution in [0, 0.1) is 0 Å². The Labute approximate surface area is 269 Å². The number of ether oxygens (including phenoxy) is 2. The molecule has 258 valence electrons. The standard InChI is InChI=1S/C37H68O7/c1-3-4-5-6-7-8-9-13-16-19-22-33(40)35-25-26-36(44-35)34(41)28-32(39)21-18-15-12-10-11-14-17-20-31(38)24-23-30-27-29(2)43-37(30)42/h27,29,31-36,38-41H,3-26,28H2,1-2H3/t29-,31+,32-,33+,34+,35+,36+/m0/s1. The number of hydrogen-bond acceptors (Lipinski definition) is 7. The van der Waals surface area contributed by atoms with Crippen LogP contribution in [0.3, 0.4) is 0 Å². The van der Waals surface area contributed by atoms with Crippen molar-refractivity contribution in [1.82, 2.24) is 0 Å². The van der Waals surface area contributed by atoms with Crippen molar-refractivity contribution in [3.05, 3.63) is 11.6 Å². The van der Waals surface area contributed by atoms with Crippen molar-refractivity contribution in [3.8, 4) is 0 Å². The van der Waals surface area contributed by atoms with E-state index in [4.69, 9.17) is 9.47 Å². The normalized spacial score (nSPS) is 23.0. The second-order valence-electron chi connectivity index (χ2n) is 13.8. The van der Waals surface area contributed by atoms with Gasteiger partial charge < -0.3 is 29.9 Å². The maximum absolute atomic E-state index is 11.6. The molecular weight excluding hydrogens is 556 g/mol. The van der Waals surface area contributed by atoms with E-state index in [-0.39, 0.29) is 30.4 Å². The lowest BCUT2D eigenvalue weighted by Crippen LogP contribution is -2.33. The van der Waals surface area contributed by atoms with Crippen molar-refractivity contribution in [2.45, 2.75) is 217 Å². The SMILES string of the molecule is CCCCCCCCCCCC[C@@H](O)[C@H]1CC[C@H]([C@H](O)C[C@@H](O)CCCCCCCCC[C@@H](O)CCC2=C[C@H](C)OC2=O)O1. The van der Waals surface area contributed by atoms with Crippen LogP contribution in [0.25, 0.3) is 0 Å². The zero-order valence-electron chi connectivity index (χ0n) is 28.3. The van der Waals surface area contributed by atoms with E-state index in [1.165, 1.54) is 57.8 Å². The van der Waals surface area contributed by atoms with Crippen LogP contribution in [0.1, 0.15) is 174 Å². The molecule has 1 fully saturated rings. The summed E-state index contributed by atoms with van der Waals surface area (Å²) in [6, 6.07) is 0. The molecule has 0 spiro atoms. The molecule has 0 aromatic heterocycles. The van der Waals surface area contributed by atoms with Gasteiger partial charge in [-0.1, -0.05) is 116 Å². The number of unbranched alkanes of at least 4 members (excludes halogenated alkanes) is 15. The predicted molar refractivity (Wildman–Crippen MR) is 177 cm³/mol. The first-order chi connectivity index (χ1) is 21.3. The van der Waals surface area contributed by atoms with Crippen LogP contribution in [-0.4, -0.2) is 69.1 Å². The fourth-order valence-electron chi connectivity index (χ4n) is 6.76. The highest BCUT2D eigenvalue weighted by atomic mass is 16.5. The smallest absolute Gasteiger partial charge is 0.334 e. The average molecular weight is 625 g/mol. The van der Waals surface area contributed by atoms with Gasteiger partial charge in [0.05, 0.1) is 36.6 Å². The van der Waals surface area contributed by atoms with E-state index in [0.29, 0.717) is 31.3 Å². The zero-order valence-corrected chi connectivity index (χ0v) is 28.3. The van der Waals surface area contributed by atoms with E-state index in [0.717, 1.165) is 77.0 Å². The Morgan fingerprint density at radius 1 is 0.659 bits per heavy atom. The minimum Gasteiger partial charge on any atom is -0.455 e. The van der Waals surface area contributed by atoms with E-state index in [1.807, 2.05) is 13.0 Å². The van der Waals surface area contributed by atoms with E-state index in [2.05, 4.69) is 6.92 Å². The summed E-state index contributed by atoms with van der Waals surface area (Å²) < 4.78 is 11.1. The van der Waals surface area contributed by atoms with Gasteiger partial charge in [-0.2, -0.15) is 0 Å². The number of carbonyl (C=O) groups is 1. The Bertz CT molecular complexity index is 756. The van der Waals surface area contributed by atoms with Crippen LogP contribution in [0.2, 0.25) is 0 Å². The molecular formula is C37H68O7. The van der Waals surface area contributed by atoms with Gasteiger partial charge >= 0.3 is 5.97 Å². The second kappa shape index (κ2) is 24.2. The molecule has 2 heterocycles. The molecule has 4 N–H and O–H groups in total. The summed E-state index contributed by atoms with van der Waals surface area (Å²) in [6.07, 6.45) is 24.9. The lowest BCUT2D eigenvalue weighted by Gasteiger charge is -2.23. The van der Waals surface area contributed by atoms with Crippen molar-refractivity contribution >= 4 is 5.97 Å². The first-order valence-electron chi connectivity index (χ1n) is 18.6. The van der Waals surface area contributed by atoms with Crippen LogP contribution in [0.4, 0.5) is 0 Å². The lowest BCUT2D eigenvalue weighted by molar-refractivity contribution is -0.139. The summed E-state index contributed by atoms with van der Waals surface area (Å²) in [5.74, 6) is -0.240. The zero-order chi connectivity index (χ0) is 32.0. The third-order valence-electron chi connectivity index (χ3n) is 9.62. The Balaban J connectivity index is 1.39. The van der Waals surface area contributed by atoms with Crippen LogP contribution in [0.5, 0.6) is 0 Å². The molecule has 0 aromatic carbocycles. The minimum absolute atomic E-state index is 0.145. The minimum atomic E-state index is -0.679. The largest absolute Gasteiger partial charge is 0.455 e. The van der Waals surface area contributed by atoms with Crippen LogP contribution in [-0.2, 0) is 14.3 Å². The highest BCUT2D eigenvalue weighted by molar-refractivity contribution is 5.90. The summed E-state index contributed by atoms with van der Waals surface area (Å²) in [4.78, 5) is 11.6. The molecule has 0 saturated carbocycles. The van der Waals surface area contributed by atoms with Gasteiger partial charge in [0.2, 0.25) is 0 Å². The van der Waals surface area contributed by atoms with Gasteiger partial charge in [0, 0.05) is 12.0 Å². The highest BCUT2D eigenvalue weighted by Gasteiger charge is 2.35. The van der Waals surface area contributed by atoms with Gasteiger partial charge in [-0.25, -0.2) is 4.79 Å². The summed E-state index contributed by atoms with van der Waals surface area (Å²) in [6.45, 7) is 4.10. The van der Waals surface area contributed by atoms with E-state index < -0.39 is 18.3 Å². The number of carbonyl (C=O) groups excluding carboxylic acids is 1. The van der Waals surface area contributed by atoms with Gasteiger partial charge in [0.1, 0.15) is 6.10 Å².